The number of hydrogen-bond acceptors (Lipinski definition) is 3. The van der Waals surface area contributed by atoms with Crippen LogP contribution in [-0.2, 0) is 6.54 Å². The van der Waals surface area contributed by atoms with Crippen molar-refractivity contribution in [2.45, 2.75) is 13.0 Å². The van der Waals surface area contributed by atoms with E-state index in [4.69, 9.17) is 0 Å². The van der Waals surface area contributed by atoms with Crippen molar-refractivity contribution in [2.75, 3.05) is 26.3 Å². The smallest absolute Gasteiger partial charge is 0.0471 e. The number of piperidine rings is 1. The van der Waals surface area contributed by atoms with Gasteiger partial charge in [-0.25, -0.2) is 0 Å². The van der Waals surface area contributed by atoms with Crippen molar-refractivity contribution in [2.24, 2.45) is 11.8 Å². The van der Waals surface area contributed by atoms with Crippen LogP contribution in [0.2, 0.25) is 0 Å². The number of rotatable bonds is 4. The Morgan fingerprint density at radius 3 is 2.12 bits per heavy atom. The Morgan fingerprint density at radius 2 is 1.59 bits per heavy atom. The Bertz CT molecular complexity index is 316. The molecule has 2 N–H and O–H groups in total. The van der Waals surface area contributed by atoms with E-state index in [1.165, 1.54) is 5.56 Å². The van der Waals surface area contributed by atoms with Crippen LogP contribution in [0.15, 0.2) is 30.3 Å². The maximum atomic E-state index is 9.28. The summed E-state index contributed by atoms with van der Waals surface area (Å²) < 4.78 is 0. The van der Waals surface area contributed by atoms with Gasteiger partial charge in [-0.15, -0.1) is 0 Å². The van der Waals surface area contributed by atoms with Crippen LogP contribution in [0.4, 0.5) is 0 Å². The quantitative estimate of drug-likeness (QED) is 0.821. The van der Waals surface area contributed by atoms with E-state index in [0.717, 1.165) is 26.1 Å². The zero-order valence-electron chi connectivity index (χ0n) is 10.1. The third kappa shape index (κ3) is 3.53. The van der Waals surface area contributed by atoms with Gasteiger partial charge in [0.1, 0.15) is 0 Å². The summed E-state index contributed by atoms with van der Waals surface area (Å²) in [6, 6.07) is 10.4. The van der Waals surface area contributed by atoms with E-state index in [2.05, 4.69) is 17.0 Å². The summed E-state index contributed by atoms with van der Waals surface area (Å²) >= 11 is 0. The second kappa shape index (κ2) is 6.15. The third-order valence-electron chi connectivity index (χ3n) is 3.46. The normalized spacial score (nSPS) is 26.0. The Morgan fingerprint density at radius 1 is 1.00 bits per heavy atom. The van der Waals surface area contributed by atoms with Crippen molar-refractivity contribution in [3.05, 3.63) is 35.9 Å². The minimum Gasteiger partial charge on any atom is -0.396 e. The fraction of sp³-hybridized carbons (Fsp3) is 0.571. The molecule has 1 aromatic rings. The highest BCUT2D eigenvalue weighted by Gasteiger charge is 2.26. The fourth-order valence-electron chi connectivity index (χ4n) is 2.66. The number of aliphatic hydroxyl groups excluding tert-OH is 2. The minimum absolute atomic E-state index is 0.224. The molecule has 3 nitrogen and oxygen atoms in total. The van der Waals surface area contributed by atoms with E-state index in [9.17, 15) is 10.2 Å². The largest absolute Gasteiger partial charge is 0.396 e. The van der Waals surface area contributed by atoms with Crippen molar-refractivity contribution in [3.63, 3.8) is 0 Å². The summed E-state index contributed by atoms with van der Waals surface area (Å²) in [6.45, 7) is 3.22. The lowest BCUT2D eigenvalue weighted by atomic mass is 9.90. The molecule has 0 aromatic heterocycles. The lowest BCUT2D eigenvalue weighted by Crippen LogP contribution is -2.42. The van der Waals surface area contributed by atoms with Crippen molar-refractivity contribution in [3.8, 4) is 0 Å². The highest BCUT2D eigenvalue weighted by Crippen LogP contribution is 2.22. The maximum Gasteiger partial charge on any atom is 0.0471 e. The van der Waals surface area contributed by atoms with Crippen LogP contribution in [0, 0.1) is 11.8 Å². The van der Waals surface area contributed by atoms with E-state index < -0.39 is 0 Å². The summed E-state index contributed by atoms with van der Waals surface area (Å²) in [7, 11) is 0. The molecule has 1 fully saturated rings. The van der Waals surface area contributed by atoms with Gasteiger partial charge >= 0.3 is 0 Å². The van der Waals surface area contributed by atoms with Crippen LogP contribution in [0.3, 0.4) is 0 Å². The molecule has 94 valence electrons. The molecule has 2 rings (SSSR count). The van der Waals surface area contributed by atoms with Crippen molar-refractivity contribution in [1.29, 1.82) is 0 Å². The average Bonchev–Trinajstić information content (AvgIpc) is 2.39. The third-order valence-corrected chi connectivity index (χ3v) is 3.46. The molecule has 0 aliphatic carbocycles. The molecule has 0 spiro atoms. The van der Waals surface area contributed by atoms with Gasteiger partial charge in [0.25, 0.3) is 0 Å². The summed E-state index contributed by atoms with van der Waals surface area (Å²) in [6.07, 6.45) is 0.943. The van der Waals surface area contributed by atoms with Gasteiger partial charge in [-0.05, 0) is 23.8 Å². The molecular formula is C14H21NO2. The second-order valence-electron chi connectivity index (χ2n) is 5.01. The molecule has 1 aliphatic heterocycles. The van der Waals surface area contributed by atoms with E-state index in [-0.39, 0.29) is 13.2 Å². The Kier molecular flexibility index (Phi) is 4.54. The number of hydrogen-bond donors (Lipinski definition) is 2. The van der Waals surface area contributed by atoms with Gasteiger partial charge < -0.3 is 10.2 Å². The molecule has 0 saturated carbocycles. The van der Waals surface area contributed by atoms with Crippen molar-refractivity contribution in [1.82, 2.24) is 4.90 Å². The molecule has 2 atom stereocenters. The highest BCUT2D eigenvalue weighted by molar-refractivity contribution is 5.14. The molecule has 1 aromatic carbocycles. The Labute approximate surface area is 103 Å². The monoisotopic (exact) mass is 235 g/mol. The number of benzene rings is 1. The molecule has 1 heterocycles. The average molecular weight is 235 g/mol. The summed E-state index contributed by atoms with van der Waals surface area (Å²) in [4.78, 5) is 2.33. The van der Waals surface area contributed by atoms with Gasteiger partial charge in [-0.2, -0.15) is 0 Å². The zero-order chi connectivity index (χ0) is 12.1. The van der Waals surface area contributed by atoms with Crippen molar-refractivity contribution < 1.29 is 10.2 Å². The lowest BCUT2D eigenvalue weighted by molar-refractivity contribution is 0.0539. The van der Waals surface area contributed by atoms with E-state index in [1.54, 1.807) is 0 Å². The molecule has 0 unspecified atom stereocenters. The molecule has 0 amide bonds. The molecule has 3 heteroatoms. The SMILES string of the molecule is OC[C@@H]1C[C@H](CO)CN(Cc2ccccc2)C1. The Balaban J connectivity index is 1.95. The first-order chi connectivity index (χ1) is 8.31. The topological polar surface area (TPSA) is 43.7 Å². The van der Waals surface area contributed by atoms with Gasteiger partial charge in [0, 0.05) is 32.8 Å². The van der Waals surface area contributed by atoms with Gasteiger partial charge in [0.2, 0.25) is 0 Å². The summed E-state index contributed by atoms with van der Waals surface area (Å²) in [5.74, 6) is 0.620. The molecular weight excluding hydrogens is 214 g/mol. The van der Waals surface area contributed by atoms with Crippen LogP contribution in [0.25, 0.3) is 0 Å². The van der Waals surface area contributed by atoms with Gasteiger partial charge in [0.15, 0.2) is 0 Å². The summed E-state index contributed by atoms with van der Waals surface area (Å²) in [5, 5.41) is 18.6. The van der Waals surface area contributed by atoms with Gasteiger partial charge in [0.05, 0.1) is 0 Å². The molecule has 0 bridgehead atoms. The first-order valence-electron chi connectivity index (χ1n) is 6.29. The predicted molar refractivity (Wildman–Crippen MR) is 67.5 cm³/mol. The molecule has 0 radical (unpaired) electrons. The lowest BCUT2D eigenvalue weighted by Gasteiger charge is -2.36. The van der Waals surface area contributed by atoms with Crippen LogP contribution >= 0.6 is 0 Å². The maximum absolute atomic E-state index is 9.28. The first kappa shape index (κ1) is 12.6. The van der Waals surface area contributed by atoms with Crippen LogP contribution in [0.5, 0.6) is 0 Å². The summed E-state index contributed by atoms with van der Waals surface area (Å²) in [5.41, 5.74) is 1.29. The van der Waals surface area contributed by atoms with Crippen molar-refractivity contribution >= 4 is 0 Å². The zero-order valence-corrected chi connectivity index (χ0v) is 10.1. The second-order valence-corrected chi connectivity index (χ2v) is 5.01. The van der Waals surface area contributed by atoms with Gasteiger partial charge in [-0.3, -0.25) is 4.90 Å². The molecule has 1 saturated heterocycles. The fourth-order valence-corrected chi connectivity index (χ4v) is 2.66. The molecule has 1 aliphatic rings. The molecule has 17 heavy (non-hydrogen) atoms. The number of nitrogens with zero attached hydrogens (tertiary/aromatic N) is 1. The van der Waals surface area contributed by atoms with Crippen LogP contribution < -0.4 is 0 Å². The van der Waals surface area contributed by atoms with E-state index in [1.807, 2.05) is 18.2 Å². The standard InChI is InChI=1S/C14H21NO2/c16-10-13-6-14(11-17)9-15(8-13)7-12-4-2-1-3-5-12/h1-5,13-14,16-17H,6-11H2/t13-,14+. The van der Waals surface area contributed by atoms with E-state index >= 15 is 0 Å². The number of aliphatic hydroxyl groups is 2. The van der Waals surface area contributed by atoms with Crippen LogP contribution in [-0.4, -0.2) is 41.4 Å². The first-order valence-corrected chi connectivity index (χ1v) is 6.29. The van der Waals surface area contributed by atoms with Crippen LogP contribution in [0.1, 0.15) is 12.0 Å². The Hall–Kier alpha value is -0.900. The van der Waals surface area contributed by atoms with Gasteiger partial charge in [-0.1, -0.05) is 30.3 Å². The predicted octanol–water partition coefficient (Wildman–Crippen LogP) is 1.11. The highest BCUT2D eigenvalue weighted by atomic mass is 16.3. The number of likely N-dealkylation sites (tertiary alicyclic amines) is 1. The van der Waals surface area contributed by atoms with E-state index in [0.29, 0.717) is 11.8 Å². The minimum atomic E-state index is 0.224.